The van der Waals surface area contributed by atoms with Crippen LogP contribution in [-0.2, 0) is 0 Å². The topological polar surface area (TPSA) is 80.0 Å². The van der Waals surface area contributed by atoms with Gasteiger partial charge in [-0.3, -0.25) is 4.79 Å². The van der Waals surface area contributed by atoms with Gasteiger partial charge in [0.25, 0.3) is 11.8 Å². The molecule has 0 saturated carbocycles. The summed E-state index contributed by atoms with van der Waals surface area (Å²) < 4.78 is 5.45. The molecule has 6 heteroatoms. The maximum absolute atomic E-state index is 12.1. The molecule has 0 unspecified atom stereocenters. The zero-order valence-corrected chi connectivity index (χ0v) is 19.8. The molecule has 0 spiro atoms. The molecule has 0 aliphatic heterocycles. The van der Waals surface area contributed by atoms with Crippen LogP contribution in [0.2, 0.25) is 0 Å². The number of hydrogen-bond donors (Lipinski definition) is 2. The Kier molecular flexibility index (Phi) is 7.38. The summed E-state index contributed by atoms with van der Waals surface area (Å²) in [5, 5.41) is 10.7. The lowest BCUT2D eigenvalue weighted by molar-refractivity contribution is 0.0953. The lowest BCUT2D eigenvalue weighted by Crippen LogP contribution is -2.23. The standard InChI is InChI=1S/C28H30N4O2/c1-4-18-29-27(33)22-14-16-24(17-15-22)30-25(19(2)3)20-10-12-21(13-11-20)26-31-28(34-32-26)23-8-6-5-7-9-23/h5-17,19,25,30H,4,18H2,1-3H3,(H,29,33)/t25-/m0/s1. The van der Waals surface area contributed by atoms with Gasteiger partial charge in [-0.05, 0) is 54.3 Å². The number of rotatable bonds is 9. The van der Waals surface area contributed by atoms with Gasteiger partial charge in [-0.1, -0.05) is 68.4 Å². The summed E-state index contributed by atoms with van der Waals surface area (Å²) in [4.78, 5) is 16.7. The van der Waals surface area contributed by atoms with Crippen molar-refractivity contribution in [2.24, 2.45) is 5.92 Å². The third kappa shape index (κ3) is 5.52. The predicted molar refractivity (Wildman–Crippen MR) is 135 cm³/mol. The summed E-state index contributed by atoms with van der Waals surface area (Å²) in [6, 6.07) is 25.7. The van der Waals surface area contributed by atoms with Crippen molar-refractivity contribution < 1.29 is 9.32 Å². The average molecular weight is 455 g/mol. The Morgan fingerprint density at radius 2 is 1.62 bits per heavy atom. The van der Waals surface area contributed by atoms with Crippen molar-refractivity contribution in [3.05, 3.63) is 90.0 Å². The van der Waals surface area contributed by atoms with Crippen LogP contribution >= 0.6 is 0 Å². The largest absolute Gasteiger partial charge is 0.378 e. The van der Waals surface area contributed by atoms with Crippen LogP contribution in [0, 0.1) is 5.92 Å². The predicted octanol–water partition coefficient (Wildman–Crippen LogP) is 6.35. The summed E-state index contributed by atoms with van der Waals surface area (Å²) >= 11 is 0. The van der Waals surface area contributed by atoms with E-state index in [9.17, 15) is 4.79 Å². The van der Waals surface area contributed by atoms with Crippen molar-refractivity contribution in [3.8, 4) is 22.8 Å². The van der Waals surface area contributed by atoms with E-state index in [0.29, 0.717) is 29.7 Å². The minimum Gasteiger partial charge on any atom is -0.378 e. The van der Waals surface area contributed by atoms with Gasteiger partial charge in [0.15, 0.2) is 0 Å². The van der Waals surface area contributed by atoms with Crippen LogP contribution in [0.4, 0.5) is 5.69 Å². The molecule has 3 aromatic carbocycles. The second-order valence-electron chi connectivity index (χ2n) is 8.61. The fraction of sp³-hybridized carbons (Fsp3) is 0.250. The lowest BCUT2D eigenvalue weighted by Gasteiger charge is -2.24. The highest BCUT2D eigenvalue weighted by Crippen LogP contribution is 2.29. The minimum atomic E-state index is -0.0405. The first-order valence-corrected chi connectivity index (χ1v) is 11.7. The summed E-state index contributed by atoms with van der Waals surface area (Å²) in [5.41, 5.74) is 4.60. The van der Waals surface area contributed by atoms with Crippen molar-refractivity contribution in [3.63, 3.8) is 0 Å². The number of benzene rings is 3. The van der Waals surface area contributed by atoms with E-state index in [2.05, 4.69) is 46.8 Å². The third-order valence-corrected chi connectivity index (χ3v) is 5.65. The van der Waals surface area contributed by atoms with Crippen molar-refractivity contribution >= 4 is 11.6 Å². The van der Waals surface area contributed by atoms with Gasteiger partial charge in [0.2, 0.25) is 5.82 Å². The van der Waals surface area contributed by atoms with Crippen LogP contribution in [0.5, 0.6) is 0 Å². The normalized spacial score (nSPS) is 11.9. The molecule has 0 fully saturated rings. The van der Waals surface area contributed by atoms with Crippen molar-refractivity contribution in [2.75, 3.05) is 11.9 Å². The molecule has 0 radical (unpaired) electrons. The lowest BCUT2D eigenvalue weighted by atomic mass is 9.94. The molecule has 174 valence electrons. The van der Waals surface area contributed by atoms with E-state index in [0.717, 1.165) is 28.8 Å². The molecule has 1 heterocycles. The number of anilines is 1. The number of carbonyl (C=O) groups is 1. The maximum atomic E-state index is 12.1. The van der Waals surface area contributed by atoms with E-state index in [4.69, 9.17) is 4.52 Å². The number of hydrogen-bond acceptors (Lipinski definition) is 5. The Hall–Kier alpha value is -3.93. The van der Waals surface area contributed by atoms with E-state index >= 15 is 0 Å². The maximum Gasteiger partial charge on any atom is 0.258 e. The van der Waals surface area contributed by atoms with E-state index < -0.39 is 0 Å². The van der Waals surface area contributed by atoms with Crippen molar-refractivity contribution in [1.82, 2.24) is 15.5 Å². The molecule has 2 N–H and O–H groups in total. The van der Waals surface area contributed by atoms with Crippen LogP contribution in [-0.4, -0.2) is 22.6 Å². The Bertz CT molecular complexity index is 1200. The van der Waals surface area contributed by atoms with Gasteiger partial charge in [0.1, 0.15) is 0 Å². The zero-order chi connectivity index (χ0) is 23.9. The molecule has 1 aromatic heterocycles. The van der Waals surface area contributed by atoms with Crippen LogP contribution in [0.25, 0.3) is 22.8 Å². The van der Waals surface area contributed by atoms with Crippen molar-refractivity contribution in [1.29, 1.82) is 0 Å². The highest BCUT2D eigenvalue weighted by atomic mass is 16.5. The molecule has 4 rings (SSSR count). The highest BCUT2D eigenvalue weighted by Gasteiger charge is 2.17. The third-order valence-electron chi connectivity index (χ3n) is 5.65. The van der Waals surface area contributed by atoms with Gasteiger partial charge in [0.05, 0.1) is 6.04 Å². The number of carbonyl (C=O) groups excluding carboxylic acids is 1. The molecular weight excluding hydrogens is 424 g/mol. The van der Waals surface area contributed by atoms with E-state index in [1.165, 1.54) is 0 Å². The molecule has 0 bridgehead atoms. The molecular formula is C28H30N4O2. The second-order valence-corrected chi connectivity index (χ2v) is 8.61. The van der Waals surface area contributed by atoms with E-state index in [1.807, 2.05) is 73.7 Å². The van der Waals surface area contributed by atoms with Crippen LogP contribution in [0.15, 0.2) is 83.4 Å². The van der Waals surface area contributed by atoms with Gasteiger partial charge in [0, 0.05) is 28.9 Å². The van der Waals surface area contributed by atoms with Crippen LogP contribution < -0.4 is 10.6 Å². The fourth-order valence-electron chi connectivity index (χ4n) is 3.75. The Balaban J connectivity index is 1.47. The molecule has 1 amide bonds. The Morgan fingerprint density at radius 3 is 2.26 bits per heavy atom. The molecule has 6 nitrogen and oxygen atoms in total. The number of amides is 1. The minimum absolute atomic E-state index is 0.0405. The highest BCUT2D eigenvalue weighted by molar-refractivity contribution is 5.94. The monoisotopic (exact) mass is 454 g/mol. The first-order valence-electron chi connectivity index (χ1n) is 11.7. The van der Waals surface area contributed by atoms with Gasteiger partial charge >= 0.3 is 0 Å². The SMILES string of the molecule is CCCNC(=O)c1ccc(N[C@H](c2ccc(-c3noc(-c4ccccc4)n3)cc2)C(C)C)cc1. The first-order chi connectivity index (χ1) is 16.5. The molecule has 4 aromatic rings. The van der Waals surface area contributed by atoms with Crippen LogP contribution in [0.1, 0.15) is 49.2 Å². The number of nitrogens with zero attached hydrogens (tertiary/aromatic N) is 2. The van der Waals surface area contributed by atoms with E-state index in [1.54, 1.807) is 0 Å². The van der Waals surface area contributed by atoms with Gasteiger partial charge < -0.3 is 15.2 Å². The van der Waals surface area contributed by atoms with E-state index in [-0.39, 0.29) is 11.9 Å². The fourth-order valence-corrected chi connectivity index (χ4v) is 3.75. The van der Waals surface area contributed by atoms with Gasteiger partial charge in [-0.2, -0.15) is 4.98 Å². The molecule has 1 atom stereocenters. The summed E-state index contributed by atoms with van der Waals surface area (Å²) in [6.07, 6.45) is 0.918. The van der Waals surface area contributed by atoms with Crippen LogP contribution in [0.3, 0.4) is 0 Å². The summed E-state index contributed by atoms with van der Waals surface area (Å²) in [5.74, 6) is 1.39. The summed E-state index contributed by atoms with van der Waals surface area (Å²) in [6.45, 7) is 7.09. The quantitative estimate of drug-likeness (QED) is 0.308. The van der Waals surface area contributed by atoms with Gasteiger partial charge in [-0.15, -0.1) is 0 Å². The summed E-state index contributed by atoms with van der Waals surface area (Å²) in [7, 11) is 0. The molecule has 34 heavy (non-hydrogen) atoms. The Morgan fingerprint density at radius 1 is 0.912 bits per heavy atom. The zero-order valence-electron chi connectivity index (χ0n) is 19.8. The van der Waals surface area contributed by atoms with Crippen molar-refractivity contribution in [2.45, 2.75) is 33.2 Å². The Labute approximate surface area is 200 Å². The number of aromatic nitrogens is 2. The molecule has 0 aliphatic rings. The molecule has 0 aliphatic carbocycles. The average Bonchev–Trinajstić information content (AvgIpc) is 3.37. The first kappa shape index (κ1) is 23.2. The van der Waals surface area contributed by atoms with Gasteiger partial charge in [-0.25, -0.2) is 0 Å². The number of nitrogens with one attached hydrogen (secondary N) is 2. The molecule has 0 saturated heterocycles. The smallest absolute Gasteiger partial charge is 0.258 e. The second kappa shape index (κ2) is 10.8.